The fourth-order valence-corrected chi connectivity index (χ4v) is 5.36. The van der Waals surface area contributed by atoms with Gasteiger partial charge in [-0.2, -0.15) is 0 Å². The summed E-state index contributed by atoms with van der Waals surface area (Å²) in [6.45, 7) is 8.99. The van der Waals surface area contributed by atoms with Crippen LogP contribution in [0.1, 0.15) is 139 Å². The number of hydrogen-bond donors (Lipinski definition) is 0. The van der Waals surface area contributed by atoms with E-state index >= 15 is 0 Å². The highest BCUT2D eigenvalue weighted by atomic mass is 16.7. The zero-order chi connectivity index (χ0) is 29.8. The molecule has 0 aromatic heterocycles. The van der Waals surface area contributed by atoms with Crippen LogP contribution in [-0.2, 0) is 9.47 Å². The van der Waals surface area contributed by atoms with Gasteiger partial charge in [0, 0.05) is 11.5 Å². The summed E-state index contributed by atoms with van der Waals surface area (Å²) in [5.74, 6) is 2.18. The fraction of sp³-hybridized carbons (Fsp3) is 0.649. The van der Waals surface area contributed by atoms with Crippen molar-refractivity contribution in [3.63, 3.8) is 0 Å². The summed E-state index contributed by atoms with van der Waals surface area (Å²) in [6.07, 6.45) is 19.0. The van der Waals surface area contributed by atoms with E-state index in [1.807, 2.05) is 24.3 Å². The number of hydrogen-bond acceptors (Lipinski definition) is 5. The highest BCUT2D eigenvalue weighted by Crippen LogP contribution is 2.29. The maximum absolute atomic E-state index is 12.6. The lowest BCUT2D eigenvalue weighted by Gasteiger charge is -2.29. The van der Waals surface area contributed by atoms with E-state index in [4.69, 9.17) is 18.9 Å². The first-order valence-corrected chi connectivity index (χ1v) is 16.9. The summed E-state index contributed by atoms with van der Waals surface area (Å²) in [7, 11) is 0. The molecule has 1 heterocycles. The van der Waals surface area contributed by atoms with Crippen LogP contribution in [0, 0.1) is 11.8 Å². The van der Waals surface area contributed by atoms with Gasteiger partial charge in [-0.15, -0.1) is 0 Å². The highest BCUT2D eigenvalue weighted by molar-refractivity contribution is 5.91. The largest absolute Gasteiger partial charge is 0.494 e. The molecule has 0 saturated carbocycles. The molecule has 0 bridgehead atoms. The zero-order valence-electron chi connectivity index (χ0n) is 26.6. The molecule has 3 rings (SSSR count). The SMILES string of the molecule is CCCCCCCCCCCC1COC(c2ccc(OC(=O)c3ccc(OCCCCC[C@@H](C)CC)cc3)cc2)OC1. The second-order valence-electron chi connectivity index (χ2n) is 12.2. The van der Waals surface area contributed by atoms with Gasteiger partial charge in [0.1, 0.15) is 11.5 Å². The zero-order valence-corrected chi connectivity index (χ0v) is 26.6. The first-order valence-electron chi connectivity index (χ1n) is 16.9. The van der Waals surface area contributed by atoms with Gasteiger partial charge in [0.15, 0.2) is 6.29 Å². The van der Waals surface area contributed by atoms with Gasteiger partial charge in [0.2, 0.25) is 0 Å². The van der Waals surface area contributed by atoms with Crippen LogP contribution in [0.15, 0.2) is 48.5 Å². The van der Waals surface area contributed by atoms with Crippen LogP contribution in [0.4, 0.5) is 0 Å². The summed E-state index contributed by atoms with van der Waals surface area (Å²) in [5.41, 5.74) is 1.44. The molecule has 1 atom stereocenters. The van der Waals surface area contributed by atoms with Crippen LogP contribution in [0.25, 0.3) is 0 Å². The number of rotatable bonds is 21. The molecule has 0 aliphatic carbocycles. The first kappa shape index (κ1) is 34.1. The Balaban J connectivity index is 1.29. The van der Waals surface area contributed by atoms with Crippen molar-refractivity contribution in [2.75, 3.05) is 19.8 Å². The van der Waals surface area contributed by atoms with Gasteiger partial charge >= 0.3 is 5.97 Å². The number of carbonyl (C=O) groups excluding carboxylic acids is 1. The van der Waals surface area contributed by atoms with Crippen LogP contribution in [0.2, 0.25) is 0 Å². The van der Waals surface area contributed by atoms with Crippen LogP contribution >= 0.6 is 0 Å². The van der Waals surface area contributed by atoms with Gasteiger partial charge in [-0.25, -0.2) is 4.79 Å². The molecule has 0 N–H and O–H groups in total. The molecule has 0 radical (unpaired) electrons. The molecule has 42 heavy (non-hydrogen) atoms. The van der Waals surface area contributed by atoms with E-state index < -0.39 is 0 Å². The number of carbonyl (C=O) groups is 1. The van der Waals surface area contributed by atoms with Crippen molar-refractivity contribution in [2.24, 2.45) is 11.8 Å². The van der Waals surface area contributed by atoms with Crippen molar-refractivity contribution in [2.45, 2.75) is 123 Å². The minimum atomic E-state index is -0.385. The lowest BCUT2D eigenvalue weighted by Crippen LogP contribution is -2.27. The average Bonchev–Trinajstić information content (AvgIpc) is 3.02. The predicted octanol–water partition coefficient (Wildman–Crippen LogP) is 10.5. The molecular weight excluding hydrogens is 524 g/mol. The Morgan fingerprint density at radius 2 is 1.36 bits per heavy atom. The molecule has 0 unspecified atom stereocenters. The first-order chi connectivity index (χ1) is 20.6. The van der Waals surface area contributed by atoms with Crippen LogP contribution in [-0.4, -0.2) is 25.8 Å². The third kappa shape index (κ3) is 13.3. The van der Waals surface area contributed by atoms with Gasteiger partial charge in [-0.3, -0.25) is 0 Å². The highest BCUT2D eigenvalue weighted by Gasteiger charge is 2.23. The number of esters is 1. The summed E-state index contributed by atoms with van der Waals surface area (Å²) in [4.78, 5) is 12.6. The van der Waals surface area contributed by atoms with Crippen molar-refractivity contribution in [1.29, 1.82) is 0 Å². The van der Waals surface area contributed by atoms with Crippen LogP contribution in [0.5, 0.6) is 11.5 Å². The Labute approximate surface area is 255 Å². The topological polar surface area (TPSA) is 54.0 Å². The van der Waals surface area contributed by atoms with Gasteiger partial charge in [0.25, 0.3) is 0 Å². The van der Waals surface area contributed by atoms with E-state index in [1.165, 1.54) is 89.9 Å². The van der Waals surface area contributed by atoms with Crippen molar-refractivity contribution >= 4 is 5.97 Å². The van der Waals surface area contributed by atoms with Gasteiger partial charge < -0.3 is 18.9 Å². The normalized spacial score (nSPS) is 17.6. The minimum Gasteiger partial charge on any atom is -0.494 e. The van der Waals surface area contributed by atoms with E-state index in [0.717, 1.165) is 36.9 Å². The van der Waals surface area contributed by atoms with Crippen molar-refractivity contribution < 1.29 is 23.7 Å². The summed E-state index contributed by atoms with van der Waals surface area (Å²) >= 11 is 0. The van der Waals surface area contributed by atoms with E-state index in [2.05, 4.69) is 20.8 Å². The molecule has 0 spiro atoms. The molecule has 1 aliphatic rings. The fourth-order valence-electron chi connectivity index (χ4n) is 5.36. The molecule has 234 valence electrons. The number of benzene rings is 2. The average molecular weight is 581 g/mol. The molecule has 2 aromatic carbocycles. The molecule has 5 nitrogen and oxygen atoms in total. The second kappa shape index (κ2) is 20.5. The van der Waals surface area contributed by atoms with Gasteiger partial charge in [-0.1, -0.05) is 116 Å². The van der Waals surface area contributed by atoms with Crippen LogP contribution in [0.3, 0.4) is 0 Å². The van der Waals surface area contributed by atoms with Crippen molar-refractivity contribution in [1.82, 2.24) is 0 Å². The molecule has 2 aromatic rings. The van der Waals surface area contributed by atoms with Crippen molar-refractivity contribution in [3.8, 4) is 11.5 Å². The van der Waals surface area contributed by atoms with Gasteiger partial charge in [0.05, 0.1) is 25.4 Å². The predicted molar refractivity (Wildman–Crippen MR) is 171 cm³/mol. The van der Waals surface area contributed by atoms with Crippen LogP contribution < -0.4 is 9.47 Å². The third-order valence-corrected chi connectivity index (χ3v) is 8.44. The number of ether oxygens (including phenoxy) is 4. The Bertz CT molecular complexity index is 963. The smallest absolute Gasteiger partial charge is 0.343 e. The monoisotopic (exact) mass is 580 g/mol. The van der Waals surface area contributed by atoms with Crippen molar-refractivity contribution in [3.05, 3.63) is 59.7 Å². The maximum Gasteiger partial charge on any atom is 0.343 e. The standard InChI is InChI=1S/C37H56O5/c1-4-6-7-8-9-10-11-12-15-18-31-28-40-37(41-29-31)33-21-25-35(26-22-33)42-36(38)32-19-23-34(24-20-32)39-27-16-13-14-17-30(3)5-2/h19-26,30-31,37H,4-18,27-29H2,1-3H3/t30-,31?,37?/m0/s1. The molecule has 5 heteroatoms. The number of unbranched alkanes of at least 4 members (excludes halogenated alkanes) is 10. The maximum atomic E-state index is 12.6. The molecule has 0 amide bonds. The Kier molecular flexibility index (Phi) is 16.7. The third-order valence-electron chi connectivity index (χ3n) is 8.44. The molecular formula is C37H56O5. The quantitative estimate of drug-likeness (QED) is 0.0835. The molecule has 1 saturated heterocycles. The second-order valence-corrected chi connectivity index (χ2v) is 12.2. The van der Waals surface area contributed by atoms with E-state index in [9.17, 15) is 4.79 Å². The summed E-state index contributed by atoms with van der Waals surface area (Å²) in [6, 6.07) is 14.6. The van der Waals surface area contributed by atoms with E-state index in [1.54, 1.807) is 24.3 Å². The van der Waals surface area contributed by atoms with E-state index in [-0.39, 0.29) is 12.3 Å². The van der Waals surface area contributed by atoms with Gasteiger partial charge in [-0.05, 0) is 55.2 Å². The minimum absolute atomic E-state index is 0.360. The Morgan fingerprint density at radius 1 is 0.762 bits per heavy atom. The summed E-state index contributed by atoms with van der Waals surface area (Å²) < 4.78 is 23.5. The Morgan fingerprint density at radius 3 is 2.00 bits per heavy atom. The lowest BCUT2D eigenvalue weighted by atomic mass is 10.0. The molecule has 1 fully saturated rings. The van der Waals surface area contributed by atoms with E-state index in [0.29, 0.717) is 23.8 Å². The molecule has 1 aliphatic heterocycles. The Hall–Kier alpha value is -2.37. The lowest BCUT2D eigenvalue weighted by molar-refractivity contribution is -0.206. The summed E-state index contributed by atoms with van der Waals surface area (Å²) in [5, 5.41) is 0.